The minimum Gasteiger partial charge on any atom is -0.495 e. The maximum Gasteiger partial charge on any atom is 0.227 e. The Balaban J connectivity index is 1.68. The Labute approximate surface area is 163 Å². The van der Waals surface area contributed by atoms with Crippen molar-refractivity contribution in [3.8, 4) is 5.75 Å². The highest BCUT2D eigenvalue weighted by Crippen LogP contribution is 2.41. The summed E-state index contributed by atoms with van der Waals surface area (Å²) in [6.07, 6.45) is 9.23. The minimum atomic E-state index is 0.512. The molecule has 0 amide bonds. The maximum absolute atomic E-state index is 5.70. The van der Waals surface area contributed by atoms with Crippen molar-refractivity contribution in [2.75, 3.05) is 19.5 Å². The Hall–Kier alpha value is -3.48. The van der Waals surface area contributed by atoms with Crippen LogP contribution in [0.3, 0.4) is 0 Å². The van der Waals surface area contributed by atoms with Gasteiger partial charge in [-0.25, -0.2) is 9.97 Å². The zero-order valence-electron chi connectivity index (χ0n) is 15.9. The van der Waals surface area contributed by atoms with Crippen LogP contribution in [-0.2, 0) is 0 Å². The van der Waals surface area contributed by atoms with E-state index in [-0.39, 0.29) is 0 Å². The van der Waals surface area contributed by atoms with Crippen LogP contribution in [0.15, 0.2) is 47.9 Å². The summed E-state index contributed by atoms with van der Waals surface area (Å²) < 4.78 is 5.55. The number of fused-ring (bicyclic) bond motifs is 1. The minimum absolute atomic E-state index is 0.512. The van der Waals surface area contributed by atoms with Crippen molar-refractivity contribution in [3.63, 3.8) is 0 Å². The van der Waals surface area contributed by atoms with Crippen LogP contribution in [0.2, 0.25) is 0 Å². The summed E-state index contributed by atoms with van der Waals surface area (Å²) in [6, 6.07) is 7.71. The predicted molar refractivity (Wildman–Crippen MR) is 112 cm³/mol. The zero-order valence-corrected chi connectivity index (χ0v) is 15.9. The average molecular weight is 374 g/mol. The molecule has 0 atom stereocenters. The number of nitrogens with zero attached hydrogens (tertiary/aromatic N) is 4. The number of rotatable bonds is 6. The highest BCUT2D eigenvalue weighted by Gasteiger charge is 2.27. The highest BCUT2D eigenvalue weighted by atomic mass is 16.5. The van der Waals surface area contributed by atoms with E-state index in [1.165, 1.54) is 19.0 Å². The summed E-state index contributed by atoms with van der Waals surface area (Å²) in [5.41, 5.74) is 10.2. The summed E-state index contributed by atoms with van der Waals surface area (Å²) in [4.78, 5) is 17.7. The molecule has 1 aromatic carbocycles. The monoisotopic (exact) mass is 374 g/mol. The summed E-state index contributed by atoms with van der Waals surface area (Å²) >= 11 is 0. The van der Waals surface area contributed by atoms with E-state index in [1.54, 1.807) is 20.4 Å². The summed E-state index contributed by atoms with van der Waals surface area (Å²) in [7, 11) is 3.33. The largest absolute Gasteiger partial charge is 0.495 e. The molecule has 3 N–H and O–H groups in total. The van der Waals surface area contributed by atoms with E-state index in [1.807, 2.05) is 36.7 Å². The SMILES string of the molecule is CN=CC(=CN)c1ccc(Nc2ncc3ccnc(C4CC4)c3n2)c(OC)c1. The lowest BCUT2D eigenvalue weighted by atomic mass is 10.1. The van der Waals surface area contributed by atoms with Crippen LogP contribution in [0.1, 0.15) is 30.0 Å². The molecule has 2 heterocycles. The second kappa shape index (κ2) is 7.64. The Morgan fingerprint density at radius 2 is 2.14 bits per heavy atom. The molecule has 0 radical (unpaired) electrons. The maximum atomic E-state index is 5.70. The van der Waals surface area contributed by atoms with Gasteiger partial charge in [-0.2, -0.15) is 0 Å². The van der Waals surface area contributed by atoms with Gasteiger partial charge in [0.15, 0.2) is 0 Å². The number of pyridine rings is 1. The number of anilines is 2. The third-order valence-corrected chi connectivity index (χ3v) is 4.72. The quantitative estimate of drug-likeness (QED) is 0.639. The molecule has 28 heavy (non-hydrogen) atoms. The molecule has 142 valence electrons. The molecule has 7 nitrogen and oxygen atoms in total. The average Bonchev–Trinajstić information content (AvgIpc) is 3.57. The number of benzene rings is 1. The first-order chi connectivity index (χ1) is 13.7. The van der Waals surface area contributed by atoms with Crippen LogP contribution < -0.4 is 15.8 Å². The van der Waals surface area contributed by atoms with E-state index in [9.17, 15) is 0 Å². The number of aliphatic imine (C=N–C) groups is 1. The van der Waals surface area contributed by atoms with Crippen LogP contribution in [0.4, 0.5) is 11.6 Å². The second-order valence-corrected chi connectivity index (χ2v) is 6.65. The van der Waals surface area contributed by atoms with Crippen LogP contribution in [0, 0.1) is 0 Å². The van der Waals surface area contributed by atoms with Gasteiger partial charge in [0.05, 0.1) is 24.0 Å². The summed E-state index contributed by atoms with van der Waals surface area (Å²) in [5, 5.41) is 4.26. The third-order valence-electron chi connectivity index (χ3n) is 4.72. The number of nitrogens with one attached hydrogen (secondary N) is 1. The molecule has 0 spiro atoms. The number of nitrogens with two attached hydrogens (primary N) is 1. The summed E-state index contributed by atoms with van der Waals surface area (Å²) in [6.45, 7) is 0. The van der Waals surface area contributed by atoms with Gasteiger partial charge in [-0.05, 0) is 36.6 Å². The van der Waals surface area contributed by atoms with Crippen molar-refractivity contribution in [1.82, 2.24) is 15.0 Å². The van der Waals surface area contributed by atoms with Gasteiger partial charge in [-0.1, -0.05) is 6.07 Å². The van der Waals surface area contributed by atoms with E-state index in [4.69, 9.17) is 15.5 Å². The second-order valence-electron chi connectivity index (χ2n) is 6.65. The van der Waals surface area contributed by atoms with Crippen molar-refractivity contribution < 1.29 is 4.74 Å². The van der Waals surface area contributed by atoms with Gasteiger partial charge in [0.2, 0.25) is 5.95 Å². The fourth-order valence-electron chi connectivity index (χ4n) is 3.14. The molecule has 0 aliphatic heterocycles. The van der Waals surface area contributed by atoms with E-state index < -0.39 is 0 Å². The number of allylic oxidation sites excluding steroid dienone is 1. The zero-order chi connectivity index (χ0) is 19.5. The summed E-state index contributed by atoms with van der Waals surface area (Å²) in [5.74, 6) is 1.69. The molecule has 0 bridgehead atoms. The van der Waals surface area contributed by atoms with Crippen LogP contribution in [0.5, 0.6) is 5.75 Å². The number of ether oxygens (including phenoxy) is 1. The van der Waals surface area contributed by atoms with Gasteiger partial charge < -0.3 is 15.8 Å². The molecule has 7 heteroatoms. The Morgan fingerprint density at radius 3 is 2.86 bits per heavy atom. The van der Waals surface area contributed by atoms with Crippen LogP contribution in [0.25, 0.3) is 16.5 Å². The van der Waals surface area contributed by atoms with Gasteiger partial charge in [0, 0.05) is 48.7 Å². The van der Waals surface area contributed by atoms with Gasteiger partial charge >= 0.3 is 0 Å². The third kappa shape index (κ3) is 3.51. The number of hydrogen-bond acceptors (Lipinski definition) is 7. The molecular weight excluding hydrogens is 352 g/mol. The van der Waals surface area contributed by atoms with Crippen molar-refractivity contribution in [3.05, 3.63) is 54.1 Å². The van der Waals surface area contributed by atoms with Crippen molar-refractivity contribution >= 4 is 34.3 Å². The van der Waals surface area contributed by atoms with E-state index >= 15 is 0 Å². The molecule has 3 aromatic rings. The van der Waals surface area contributed by atoms with Crippen molar-refractivity contribution in [2.24, 2.45) is 10.7 Å². The number of aromatic nitrogens is 3. The highest BCUT2D eigenvalue weighted by molar-refractivity contribution is 6.09. The molecule has 4 rings (SSSR count). The van der Waals surface area contributed by atoms with Crippen LogP contribution >= 0.6 is 0 Å². The van der Waals surface area contributed by atoms with Gasteiger partial charge in [0.1, 0.15) is 5.75 Å². The first-order valence-electron chi connectivity index (χ1n) is 9.14. The lowest BCUT2D eigenvalue weighted by Crippen LogP contribution is -2.02. The Morgan fingerprint density at radius 1 is 1.29 bits per heavy atom. The number of hydrogen-bond donors (Lipinski definition) is 2. The lowest BCUT2D eigenvalue weighted by molar-refractivity contribution is 0.416. The van der Waals surface area contributed by atoms with E-state index in [2.05, 4.69) is 20.3 Å². The Bertz CT molecular complexity index is 1070. The number of methoxy groups -OCH3 is 1. The fourth-order valence-corrected chi connectivity index (χ4v) is 3.14. The first kappa shape index (κ1) is 17.9. The molecule has 1 fully saturated rings. The standard InChI is InChI=1S/C21H22N6O/c1-23-11-16(10-22)14-5-6-17(18(9-14)28-2)26-21-25-12-15-7-8-24-19(13-3-4-13)20(15)27-21/h5-13H,3-4,22H2,1-2H3,(H,25,26,27). The topological polar surface area (TPSA) is 98.3 Å². The Kier molecular flexibility index (Phi) is 4.89. The lowest BCUT2D eigenvalue weighted by Gasteiger charge is -2.13. The van der Waals surface area contributed by atoms with Gasteiger partial charge in [-0.15, -0.1) is 0 Å². The van der Waals surface area contributed by atoms with Gasteiger partial charge in [-0.3, -0.25) is 9.98 Å². The molecule has 1 aliphatic rings. The van der Waals surface area contributed by atoms with Gasteiger partial charge in [0.25, 0.3) is 0 Å². The van der Waals surface area contributed by atoms with Crippen LogP contribution in [-0.4, -0.2) is 35.3 Å². The smallest absolute Gasteiger partial charge is 0.227 e. The first-order valence-corrected chi connectivity index (χ1v) is 9.14. The van der Waals surface area contributed by atoms with Crippen molar-refractivity contribution in [1.29, 1.82) is 0 Å². The fraction of sp³-hybridized carbons (Fsp3) is 0.238. The molecule has 2 aromatic heterocycles. The van der Waals surface area contributed by atoms with Crippen molar-refractivity contribution in [2.45, 2.75) is 18.8 Å². The molecule has 1 aliphatic carbocycles. The van der Waals surface area contributed by atoms with E-state index in [0.29, 0.717) is 17.6 Å². The molecule has 1 saturated carbocycles. The molecule has 0 unspecified atom stereocenters. The predicted octanol–water partition coefficient (Wildman–Crippen LogP) is 3.65. The normalized spacial score (nSPS) is 14.6. The molecule has 0 saturated heterocycles. The molecular formula is C21H22N6O. The van der Waals surface area contributed by atoms with E-state index in [0.717, 1.165) is 33.4 Å².